The molecule has 47 heavy (non-hydrogen) atoms. The van der Waals surface area contributed by atoms with Crippen molar-refractivity contribution < 1.29 is 42.9 Å². The molecular weight excluding hydrogens is 726 g/mol. The summed E-state index contributed by atoms with van der Waals surface area (Å²) in [7, 11) is 1.38. The largest absolute Gasteiger partial charge is 0.493 e. The number of aliphatic hydroxyl groups excluding tert-OH is 2. The lowest BCUT2D eigenvalue weighted by molar-refractivity contribution is -0.118. The van der Waals surface area contributed by atoms with Crippen molar-refractivity contribution in [3.05, 3.63) is 115 Å². The summed E-state index contributed by atoms with van der Waals surface area (Å²) in [5.74, 6) is -1.74. The van der Waals surface area contributed by atoms with Crippen LogP contribution in [0.5, 0.6) is 11.5 Å². The average molecular weight is 757 g/mol. The molecule has 3 N–H and O–H groups in total. The number of para-hydroxylation sites is 1. The van der Waals surface area contributed by atoms with E-state index in [2.05, 4.69) is 5.32 Å². The SMILES string of the molecule is COc1cc(C=O)cc(I)c1O[C@H]1C=C(C(=O)NCCO)C[C@@H](N(Cc2ccccc2F)C(=O)c2cc3ccccc3oc2=O)[C@@H]1O. The second-order valence-electron chi connectivity index (χ2n) is 10.7. The molecule has 3 atom stereocenters. The van der Waals surface area contributed by atoms with Crippen molar-refractivity contribution in [1.82, 2.24) is 10.2 Å². The fourth-order valence-electron chi connectivity index (χ4n) is 5.35. The van der Waals surface area contributed by atoms with Crippen molar-refractivity contribution in [2.75, 3.05) is 20.3 Å². The molecule has 0 spiro atoms. The first-order valence-corrected chi connectivity index (χ1v) is 15.6. The van der Waals surface area contributed by atoms with E-state index >= 15 is 4.39 Å². The minimum atomic E-state index is -1.51. The predicted molar refractivity (Wildman–Crippen MR) is 177 cm³/mol. The van der Waals surface area contributed by atoms with Crippen LogP contribution in [0.25, 0.3) is 11.0 Å². The maximum absolute atomic E-state index is 15.0. The zero-order valence-electron chi connectivity index (χ0n) is 25.0. The van der Waals surface area contributed by atoms with Gasteiger partial charge in [-0.15, -0.1) is 0 Å². The Kier molecular flexibility index (Phi) is 10.7. The lowest BCUT2D eigenvalue weighted by Crippen LogP contribution is -2.55. The Balaban J connectivity index is 1.62. The predicted octanol–water partition coefficient (Wildman–Crippen LogP) is 3.62. The lowest BCUT2D eigenvalue weighted by atomic mass is 9.87. The number of carbonyl (C=O) groups excluding carboxylic acids is 3. The Labute approximate surface area is 281 Å². The van der Waals surface area contributed by atoms with Gasteiger partial charge in [-0.05, 0) is 59.0 Å². The van der Waals surface area contributed by atoms with Crippen molar-refractivity contribution >= 4 is 51.7 Å². The molecule has 0 bridgehead atoms. The number of hydrogen-bond acceptors (Lipinski definition) is 9. The molecule has 0 unspecified atom stereocenters. The number of hydrogen-bond donors (Lipinski definition) is 3. The number of amides is 2. The zero-order valence-corrected chi connectivity index (χ0v) is 27.2. The third-order valence-electron chi connectivity index (χ3n) is 7.69. The zero-order chi connectivity index (χ0) is 33.7. The van der Waals surface area contributed by atoms with E-state index in [0.29, 0.717) is 20.8 Å². The normalized spacial score (nSPS) is 17.5. The van der Waals surface area contributed by atoms with Crippen molar-refractivity contribution in [2.45, 2.75) is 31.2 Å². The molecule has 1 heterocycles. The van der Waals surface area contributed by atoms with Gasteiger partial charge in [-0.25, -0.2) is 9.18 Å². The molecule has 0 fully saturated rings. The van der Waals surface area contributed by atoms with Gasteiger partial charge < -0.3 is 34.3 Å². The number of aldehydes is 1. The van der Waals surface area contributed by atoms with Crippen LogP contribution in [0.3, 0.4) is 0 Å². The molecule has 244 valence electrons. The summed E-state index contributed by atoms with van der Waals surface area (Å²) >= 11 is 1.94. The van der Waals surface area contributed by atoms with E-state index in [1.54, 1.807) is 36.4 Å². The number of nitrogens with zero attached hydrogens (tertiary/aromatic N) is 1. The first-order valence-electron chi connectivity index (χ1n) is 14.5. The summed E-state index contributed by atoms with van der Waals surface area (Å²) in [6.07, 6.45) is -0.960. The van der Waals surface area contributed by atoms with Crippen molar-refractivity contribution in [2.24, 2.45) is 0 Å². The number of aliphatic hydroxyl groups is 2. The third kappa shape index (κ3) is 7.37. The van der Waals surface area contributed by atoms with Gasteiger partial charge in [0.2, 0.25) is 5.91 Å². The summed E-state index contributed by atoms with van der Waals surface area (Å²) in [6, 6.07) is 15.5. The second-order valence-corrected chi connectivity index (χ2v) is 11.8. The van der Waals surface area contributed by atoms with E-state index in [9.17, 15) is 29.4 Å². The van der Waals surface area contributed by atoms with Gasteiger partial charge in [-0.2, -0.15) is 0 Å². The molecule has 1 aliphatic carbocycles. The van der Waals surface area contributed by atoms with Gasteiger partial charge in [-0.3, -0.25) is 14.4 Å². The van der Waals surface area contributed by atoms with Crippen LogP contribution in [0.4, 0.5) is 4.39 Å². The van der Waals surface area contributed by atoms with Crippen molar-refractivity contribution in [3.8, 4) is 11.5 Å². The smallest absolute Gasteiger partial charge is 0.349 e. The van der Waals surface area contributed by atoms with Gasteiger partial charge in [0.1, 0.15) is 35.5 Å². The molecule has 3 aromatic carbocycles. The van der Waals surface area contributed by atoms with E-state index in [1.165, 1.54) is 43.5 Å². The van der Waals surface area contributed by atoms with Crippen LogP contribution in [0, 0.1) is 9.39 Å². The highest BCUT2D eigenvalue weighted by Gasteiger charge is 2.42. The Morgan fingerprint density at radius 1 is 1.15 bits per heavy atom. The van der Waals surface area contributed by atoms with Crippen LogP contribution in [-0.4, -0.2) is 71.7 Å². The summed E-state index contributed by atoms with van der Waals surface area (Å²) in [4.78, 5) is 53.2. The number of halogens is 2. The number of methoxy groups -OCH3 is 1. The van der Waals surface area contributed by atoms with E-state index < -0.39 is 41.5 Å². The van der Waals surface area contributed by atoms with E-state index in [1.807, 2.05) is 22.6 Å². The minimum Gasteiger partial charge on any atom is -0.493 e. The van der Waals surface area contributed by atoms with Gasteiger partial charge in [0, 0.05) is 41.6 Å². The van der Waals surface area contributed by atoms with Crippen LogP contribution < -0.4 is 20.4 Å². The molecule has 0 aliphatic heterocycles. The fourth-order valence-corrected chi connectivity index (χ4v) is 6.11. The summed E-state index contributed by atoms with van der Waals surface area (Å²) in [6.45, 7) is -0.782. The topological polar surface area (TPSA) is 156 Å². The number of rotatable bonds is 11. The third-order valence-corrected chi connectivity index (χ3v) is 8.49. The average Bonchev–Trinajstić information content (AvgIpc) is 3.07. The van der Waals surface area contributed by atoms with Crippen molar-refractivity contribution in [3.63, 3.8) is 0 Å². The molecule has 0 saturated heterocycles. The maximum atomic E-state index is 15.0. The Morgan fingerprint density at radius 3 is 2.62 bits per heavy atom. The van der Waals surface area contributed by atoms with Crippen molar-refractivity contribution in [1.29, 1.82) is 0 Å². The molecule has 1 aromatic heterocycles. The standard InChI is InChI=1S/C34H30FIN2O9/c1-45-29-13-19(18-40)12-25(36)31(29)46-28-16-22(32(42)37-10-11-39)15-26(30(28)41)38(17-21-7-2-4-8-24(21)35)33(43)23-14-20-6-3-5-9-27(20)47-34(23)44/h2-9,12-14,16,18,26,28,30,39,41H,10-11,15,17H2,1H3,(H,37,42)/t26-,28+,30+/m1/s1. The molecule has 2 amide bonds. The Hall–Kier alpha value is -4.60. The molecular formula is C34H30FIN2O9. The molecule has 5 rings (SSSR count). The highest BCUT2D eigenvalue weighted by molar-refractivity contribution is 14.1. The molecule has 4 aromatic rings. The van der Waals surface area contributed by atoms with Crippen LogP contribution in [-0.2, 0) is 11.3 Å². The van der Waals surface area contributed by atoms with Crippen LogP contribution in [0.1, 0.15) is 32.7 Å². The Morgan fingerprint density at radius 2 is 1.89 bits per heavy atom. The van der Waals surface area contributed by atoms with Gasteiger partial charge in [-0.1, -0.05) is 36.4 Å². The highest BCUT2D eigenvalue weighted by Crippen LogP contribution is 2.37. The minimum absolute atomic E-state index is 0.0657. The molecule has 13 heteroatoms. The fraction of sp³-hybridized carbons (Fsp3) is 0.235. The summed E-state index contributed by atoms with van der Waals surface area (Å²) in [5.41, 5.74) is -0.513. The van der Waals surface area contributed by atoms with Gasteiger partial charge in [0.25, 0.3) is 5.91 Å². The lowest BCUT2D eigenvalue weighted by Gasteiger charge is -2.40. The Bertz CT molecular complexity index is 1910. The molecule has 11 nitrogen and oxygen atoms in total. The monoisotopic (exact) mass is 756 g/mol. The quantitative estimate of drug-likeness (QED) is 0.118. The van der Waals surface area contributed by atoms with Crippen LogP contribution in [0.15, 0.2) is 87.6 Å². The van der Waals surface area contributed by atoms with E-state index in [4.69, 9.17) is 13.9 Å². The van der Waals surface area contributed by atoms with Gasteiger partial charge in [0.05, 0.1) is 23.3 Å². The molecule has 0 radical (unpaired) electrons. The van der Waals surface area contributed by atoms with Gasteiger partial charge in [0.15, 0.2) is 11.5 Å². The molecule has 1 aliphatic rings. The number of carbonyl (C=O) groups is 3. The van der Waals surface area contributed by atoms with E-state index in [0.717, 1.165) is 4.90 Å². The summed E-state index contributed by atoms with van der Waals surface area (Å²) in [5, 5.41) is 24.2. The first kappa shape index (κ1) is 33.8. The summed E-state index contributed by atoms with van der Waals surface area (Å²) < 4.78 is 32.6. The number of ether oxygens (including phenoxy) is 2. The first-order chi connectivity index (χ1) is 22.6. The number of benzene rings is 3. The second kappa shape index (κ2) is 14.9. The van der Waals surface area contributed by atoms with E-state index in [-0.39, 0.29) is 59.9 Å². The van der Waals surface area contributed by atoms with Gasteiger partial charge >= 0.3 is 5.63 Å². The molecule has 0 saturated carbocycles. The number of nitrogens with one attached hydrogen (secondary N) is 1. The maximum Gasteiger partial charge on any atom is 0.349 e. The van der Waals surface area contributed by atoms with Crippen LogP contribution >= 0.6 is 22.6 Å². The highest BCUT2D eigenvalue weighted by atomic mass is 127. The number of fused-ring (bicyclic) bond motifs is 1. The van der Waals surface area contributed by atoms with Crippen LogP contribution in [0.2, 0.25) is 0 Å².